The first-order valence-electron chi connectivity index (χ1n) is 8.81. The number of amides is 1. The van der Waals surface area contributed by atoms with E-state index in [0.717, 1.165) is 30.3 Å². The van der Waals surface area contributed by atoms with Gasteiger partial charge in [-0.2, -0.15) is 5.10 Å². The zero-order valence-corrected chi connectivity index (χ0v) is 15.2. The van der Waals surface area contributed by atoms with Gasteiger partial charge in [0, 0.05) is 6.54 Å². The molecule has 0 spiro atoms. The van der Waals surface area contributed by atoms with Gasteiger partial charge in [-0.05, 0) is 38.9 Å². The number of likely N-dealkylation sites (tertiary alicyclic amines) is 1. The van der Waals surface area contributed by atoms with Crippen LogP contribution in [-0.4, -0.2) is 55.2 Å². The number of carbonyl (C=O) groups excluding carboxylic acids is 1. The highest BCUT2D eigenvalue weighted by Crippen LogP contribution is 2.23. The molecule has 4 rings (SSSR count). The van der Waals surface area contributed by atoms with Gasteiger partial charge in [-0.1, -0.05) is 0 Å². The van der Waals surface area contributed by atoms with Crippen LogP contribution in [0.3, 0.4) is 0 Å². The van der Waals surface area contributed by atoms with Crippen molar-refractivity contribution in [3.05, 3.63) is 33.5 Å². The molecule has 0 aliphatic carbocycles. The monoisotopic (exact) mass is 361 g/mol. The maximum atomic E-state index is 12.8. The number of thiazole rings is 1. The van der Waals surface area contributed by atoms with E-state index in [9.17, 15) is 9.90 Å². The minimum Gasteiger partial charge on any atom is -0.387 e. The molecule has 1 unspecified atom stereocenters. The second-order valence-corrected chi connectivity index (χ2v) is 7.90. The second kappa shape index (κ2) is 6.86. The Bertz CT molecular complexity index is 763. The Hall–Kier alpha value is -1.77. The van der Waals surface area contributed by atoms with Crippen LogP contribution in [0.1, 0.15) is 51.9 Å². The summed E-state index contributed by atoms with van der Waals surface area (Å²) in [6.45, 7) is 6.63. The van der Waals surface area contributed by atoms with Gasteiger partial charge in [-0.25, -0.2) is 4.98 Å². The fourth-order valence-electron chi connectivity index (χ4n) is 3.44. The molecule has 2 aliphatic heterocycles. The highest BCUT2D eigenvalue weighted by atomic mass is 32.1. The highest BCUT2D eigenvalue weighted by Gasteiger charge is 2.25. The third kappa shape index (κ3) is 3.47. The van der Waals surface area contributed by atoms with Gasteiger partial charge < -0.3 is 10.0 Å². The quantitative estimate of drug-likeness (QED) is 0.896. The van der Waals surface area contributed by atoms with Gasteiger partial charge in [0.05, 0.1) is 43.3 Å². The predicted octanol–water partition coefficient (Wildman–Crippen LogP) is 1.64. The minimum atomic E-state index is -0.586. The molecule has 0 bridgehead atoms. The number of aromatic nitrogens is 3. The number of aliphatic hydroxyl groups is 1. The number of hydrogen-bond acceptors (Lipinski definition) is 6. The van der Waals surface area contributed by atoms with E-state index < -0.39 is 6.10 Å². The first kappa shape index (κ1) is 16.7. The molecule has 0 aromatic carbocycles. The summed E-state index contributed by atoms with van der Waals surface area (Å²) in [5.74, 6) is 0.0382. The van der Waals surface area contributed by atoms with Crippen molar-refractivity contribution in [2.24, 2.45) is 0 Å². The molecule has 1 saturated heterocycles. The number of nitrogens with zero attached hydrogens (tertiary/aromatic N) is 5. The Labute approximate surface area is 150 Å². The molecule has 8 heteroatoms. The zero-order chi connectivity index (χ0) is 17.4. The first-order valence-corrected chi connectivity index (χ1v) is 9.63. The van der Waals surface area contributed by atoms with Crippen molar-refractivity contribution >= 4 is 17.2 Å². The molecule has 7 nitrogen and oxygen atoms in total. The standard InChI is InChI=1S/C17H23N5O2S/c1-12(23)14-8-13-10-21(6-7-22(13)19-14)17(24)15-9-18-16(25-15)11-20-4-2-3-5-20/h8-9,12,23H,2-7,10-11H2,1H3. The Morgan fingerprint density at radius 2 is 2.12 bits per heavy atom. The van der Waals surface area contributed by atoms with Crippen LogP contribution in [0.5, 0.6) is 0 Å². The predicted molar refractivity (Wildman–Crippen MR) is 94.2 cm³/mol. The fourth-order valence-corrected chi connectivity index (χ4v) is 4.36. The van der Waals surface area contributed by atoms with Crippen LogP contribution in [0.25, 0.3) is 0 Å². The summed E-state index contributed by atoms with van der Waals surface area (Å²) in [6.07, 6.45) is 3.64. The topological polar surface area (TPSA) is 74.5 Å². The summed E-state index contributed by atoms with van der Waals surface area (Å²) < 4.78 is 1.89. The van der Waals surface area contributed by atoms with Crippen LogP contribution in [0.4, 0.5) is 0 Å². The summed E-state index contributed by atoms with van der Waals surface area (Å²) in [5.41, 5.74) is 1.63. The average Bonchev–Trinajstić information content (AvgIpc) is 3.34. The SMILES string of the molecule is CC(O)c1cc2n(n1)CCN(C(=O)c1cnc(CN3CCCC3)s1)C2. The van der Waals surface area contributed by atoms with Crippen LogP contribution in [-0.2, 0) is 19.6 Å². The first-order chi connectivity index (χ1) is 12.1. The number of fused-ring (bicyclic) bond motifs is 1. The van der Waals surface area contributed by atoms with Crippen molar-refractivity contribution in [1.82, 2.24) is 24.6 Å². The summed E-state index contributed by atoms with van der Waals surface area (Å²) in [7, 11) is 0. The molecule has 4 heterocycles. The van der Waals surface area contributed by atoms with Crippen LogP contribution in [0.15, 0.2) is 12.3 Å². The Morgan fingerprint density at radius 1 is 1.32 bits per heavy atom. The average molecular weight is 361 g/mol. The lowest BCUT2D eigenvalue weighted by atomic mass is 10.2. The lowest BCUT2D eigenvalue weighted by Gasteiger charge is -2.27. The molecular weight excluding hydrogens is 338 g/mol. The van der Waals surface area contributed by atoms with Crippen molar-refractivity contribution in [3.8, 4) is 0 Å². The van der Waals surface area contributed by atoms with Crippen LogP contribution in [0, 0.1) is 0 Å². The van der Waals surface area contributed by atoms with E-state index in [0.29, 0.717) is 30.2 Å². The molecule has 2 aliphatic rings. The van der Waals surface area contributed by atoms with Crippen molar-refractivity contribution in [2.75, 3.05) is 19.6 Å². The van der Waals surface area contributed by atoms with E-state index in [2.05, 4.69) is 15.0 Å². The van der Waals surface area contributed by atoms with E-state index in [1.807, 2.05) is 15.6 Å². The lowest BCUT2D eigenvalue weighted by molar-refractivity contribution is 0.0710. The van der Waals surface area contributed by atoms with Crippen molar-refractivity contribution < 1.29 is 9.90 Å². The number of hydrogen-bond donors (Lipinski definition) is 1. The number of rotatable bonds is 4. The molecule has 1 amide bonds. The highest BCUT2D eigenvalue weighted by molar-refractivity contribution is 7.13. The summed E-state index contributed by atoms with van der Waals surface area (Å²) in [6, 6.07) is 1.88. The third-order valence-electron chi connectivity index (χ3n) is 4.85. The normalized spacial score (nSPS) is 19.2. The van der Waals surface area contributed by atoms with Gasteiger partial charge in [-0.15, -0.1) is 11.3 Å². The molecule has 2 aromatic rings. The number of carbonyl (C=O) groups is 1. The maximum Gasteiger partial charge on any atom is 0.265 e. The third-order valence-corrected chi connectivity index (χ3v) is 5.82. The van der Waals surface area contributed by atoms with E-state index in [-0.39, 0.29) is 5.91 Å². The lowest BCUT2D eigenvalue weighted by Crippen LogP contribution is -2.38. The van der Waals surface area contributed by atoms with E-state index in [1.165, 1.54) is 24.2 Å². The van der Waals surface area contributed by atoms with Gasteiger partial charge in [-0.3, -0.25) is 14.4 Å². The van der Waals surface area contributed by atoms with Gasteiger partial charge in [0.2, 0.25) is 0 Å². The van der Waals surface area contributed by atoms with Gasteiger partial charge in [0.15, 0.2) is 0 Å². The number of aliphatic hydroxyl groups excluding tert-OH is 1. The Balaban J connectivity index is 1.43. The smallest absolute Gasteiger partial charge is 0.265 e. The second-order valence-electron chi connectivity index (χ2n) is 6.79. The van der Waals surface area contributed by atoms with Crippen molar-refractivity contribution in [3.63, 3.8) is 0 Å². The molecule has 134 valence electrons. The fraction of sp³-hybridized carbons (Fsp3) is 0.588. The van der Waals surface area contributed by atoms with Crippen molar-refractivity contribution in [1.29, 1.82) is 0 Å². The molecule has 1 fully saturated rings. The van der Waals surface area contributed by atoms with Crippen LogP contribution < -0.4 is 0 Å². The molecule has 25 heavy (non-hydrogen) atoms. The van der Waals surface area contributed by atoms with E-state index >= 15 is 0 Å². The molecule has 1 N–H and O–H groups in total. The largest absolute Gasteiger partial charge is 0.387 e. The molecule has 2 aromatic heterocycles. The van der Waals surface area contributed by atoms with Gasteiger partial charge >= 0.3 is 0 Å². The summed E-state index contributed by atoms with van der Waals surface area (Å²) in [5, 5.41) is 15.1. The Morgan fingerprint density at radius 3 is 2.88 bits per heavy atom. The zero-order valence-electron chi connectivity index (χ0n) is 14.4. The van der Waals surface area contributed by atoms with Gasteiger partial charge in [0.1, 0.15) is 9.88 Å². The van der Waals surface area contributed by atoms with Crippen molar-refractivity contribution in [2.45, 2.75) is 45.5 Å². The maximum absolute atomic E-state index is 12.8. The van der Waals surface area contributed by atoms with E-state index in [4.69, 9.17) is 0 Å². The summed E-state index contributed by atoms with van der Waals surface area (Å²) >= 11 is 1.51. The van der Waals surface area contributed by atoms with E-state index in [1.54, 1.807) is 13.1 Å². The van der Waals surface area contributed by atoms with Gasteiger partial charge in [0.25, 0.3) is 5.91 Å². The van der Waals surface area contributed by atoms with Crippen LogP contribution >= 0.6 is 11.3 Å². The summed E-state index contributed by atoms with van der Waals surface area (Å²) in [4.78, 5) is 22.2. The molecule has 1 atom stereocenters. The molecular formula is C17H23N5O2S. The Kier molecular flexibility index (Phi) is 4.58. The molecule has 0 radical (unpaired) electrons. The minimum absolute atomic E-state index is 0.0382. The molecule has 0 saturated carbocycles. The van der Waals surface area contributed by atoms with Crippen LogP contribution in [0.2, 0.25) is 0 Å².